The van der Waals surface area contributed by atoms with Gasteiger partial charge in [0.15, 0.2) is 5.60 Å². The maximum atomic E-state index is 14.8. The van der Waals surface area contributed by atoms with Crippen molar-refractivity contribution in [3.05, 3.63) is 185 Å². The van der Waals surface area contributed by atoms with Gasteiger partial charge in [0.1, 0.15) is 0 Å². The molecular weight excluding hydrogens is 805 g/mol. The molecule has 3 amide bonds. The number of nitrogens with zero attached hydrogens (tertiary/aromatic N) is 8. The molecular formula is C51H48N8O5. The molecule has 3 aliphatic heterocycles. The zero-order valence-electron chi connectivity index (χ0n) is 35.4. The first kappa shape index (κ1) is 42.0. The number of hydrazone groups is 2. The monoisotopic (exact) mass is 852 g/mol. The predicted octanol–water partition coefficient (Wildman–Crippen LogP) is 7.48. The van der Waals surface area contributed by atoms with Crippen LogP contribution in [-0.2, 0) is 33.1 Å². The van der Waals surface area contributed by atoms with E-state index in [-0.39, 0.29) is 37.3 Å². The number of hydrogen-bond donors (Lipinski definition) is 2. The Morgan fingerprint density at radius 3 is 1.95 bits per heavy atom. The normalized spacial score (nSPS) is 18.6. The predicted molar refractivity (Wildman–Crippen MR) is 246 cm³/mol. The number of hydrogen-bond acceptors (Lipinski definition) is 9. The van der Waals surface area contributed by atoms with E-state index < -0.39 is 17.4 Å². The second kappa shape index (κ2) is 18.2. The minimum Gasteiger partial charge on any atom is -0.395 e. The van der Waals surface area contributed by atoms with E-state index in [4.69, 9.17) is 10.2 Å². The zero-order valence-corrected chi connectivity index (χ0v) is 35.4. The molecule has 322 valence electrons. The quantitative estimate of drug-likeness (QED) is 0.108. The van der Waals surface area contributed by atoms with Crippen molar-refractivity contribution in [2.75, 3.05) is 21.5 Å². The van der Waals surface area contributed by atoms with E-state index >= 15 is 0 Å². The highest BCUT2D eigenvalue weighted by molar-refractivity contribution is 6.11. The van der Waals surface area contributed by atoms with Crippen molar-refractivity contribution in [2.45, 2.75) is 63.6 Å². The van der Waals surface area contributed by atoms with Crippen molar-refractivity contribution in [3.8, 4) is 0 Å². The van der Waals surface area contributed by atoms with Crippen LogP contribution in [0.15, 0.2) is 162 Å². The molecule has 1 aromatic heterocycles. The number of aromatic nitrogens is 3. The molecule has 4 heterocycles. The molecule has 0 spiro atoms. The third kappa shape index (κ3) is 8.30. The summed E-state index contributed by atoms with van der Waals surface area (Å²) in [4.78, 5) is 43.1. The number of allylic oxidation sites excluding steroid dienone is 1. The van der Waals surface area contributed by atoms with Crippen molar-refractivity contribution in [1.82, 2.24) is 15.0 Å². The Balaban J connectivity index is 1.00. The van der Waals surface area contributed by atoms with Gasteiger partial charge in [0.25, 0.3) is 5.91 Å². The fourth-order valence-corrected chi connectivity index (χ4v) is 8.66. The summed E-state index contributed by atoms with van der Waals surface area (Å²) in [5.74, 6) is -1.84. The average molecular weight is 853 g/mol. The number of benzene rings is 5. The molecule has 3 aliphatic rings. The summed E-state index contributed by atoms with van der Waals surface area (Å²) in [6, 6.07) is 41.8. The molecule has 3 atom stereocenters. The smallest absolute Gasteiger partial charge is 0.264 e. The SMILES string of the molecule is C[C@@H](/C=C/CCn1cc(C(CO)c2ccccc2)nn1)[C@]1(O)C(=O)N(Cc2cccc(N3N=C(c4ccccc4)CCC3=O)c2)c2ccc(N3N=C(c4ccccc4)CCC3=O)cc21. The molecule has 13 heteroatoms. The van der Waals surface area contributed by atoms with Crippen molar-refractivity contribution < 1.29 is 24.6 Å². The van der Waals surface area contributed by atoms with E-state index in [0.717, 1.165) is 33.7 Å². The van der Waals surface area contributed by atoms with Crippen LogP contribution in [0.1, 0.15) is 78.5 Å². The largest absolute Gasteiger partial charge is 0.395 e. The van der Waals surface area contributed by atoms with Gasteiger partial charge in [-0.2, -0.15) is 10.2 Å². The number of aliphatic hydroxyl groups is 2. The summed E-state index contributed by atoms with van der Waals surface area (Å²) in [7, 11) is 0. The third-order valence-corrected chi connectivity index (χ3v) is 12.2. The van der Waals surface area contributed by atoms with Gasteiger partial charge < -0.3 is 15.1 Å². The molecule has 2 N–H and O–H groups in total. The fourth-order valence-electron chi connectivity index (χ4n) is 8.66. The molecule has 13 nitrogen and oxygen atoms in total. The molecule has 0 bridgehead atoms. The minimum atomic E-state index is -2.01. The topological polar surface area (TPSA) is 157 Å². The third-order valence-electron chi connectivity index (χ3n) is 12.2. The molecule has 0 aliphatic carbocycles. The van der Waals surface area contributed by atoms with Crippen LogP contribution in [0, 0.1) is 5.92 Å². The van der Waals surface area contributed by atoms with Crippen LogP contribution >= 0.6 is 0 Å². The lowest BCUT2D eigenvalue weighted by atomic mass is 9.82. The van der Waals surface area contributed by atoms with Crippen LogP contribution in [0.4, 0.5) is 17.1 Å². The van der Waals surface area contributed by atoms with Gasteiger partial charge in [0.05, 0.1) is 53.2 Å². The highest BCUT2D eigenvalue weighted by Gasteiger charge is 2.53. The van der Waals surface area contributed by atoms with Gasteiger partial charge in [-0.15, -0.1) is 5.10 Å². The molecule has 0 saturated carbocycles. The van der Waals surface area contributed by atoms with E-state index in [0.29, 0.717) is 60.5 Å². The first-order valence-corrected chi connectivity index (χ1v) is 21.6. The van der Waals surface area contributed by atoms with Gasteiger partial charge in [-0.05, 0) is 59.0 Å². The Kier molecular flexibility index (Phi) is 11.9. The van der Waals surface area contributed by atoms with Gasteiger partial charge in [-0.3, -0.25) is 19.1 Å². The molecule has 0 saturated heterocycles. The molecule has 1 unspecified atom stereocenters. The van der Waals surface area contributed by atoms with Gasteiger partial charge in [0.2, 0.25) is 11.8 Å². The second-order valence-electron chi connectivity index (χ2n) is 16.3. The van der Waals surface area contributed by atoms with Crippen LogP contribution in [0.2, 0.25) is 0 Å². The zero-order chi connectivity index (χ0) is 44.2. The van der Waals surface area contributed by atoms with Gasteiger partial charge >= 0.3 is 0 Å². The number of aryl methyl sites for hydroxylation is 1. The van der Waals surface area contributed by atoms with Crippen molar-refractivity contribution in [1.29, 1.82) is 0 Å². The van der Waals surface area contributed by atoms with E-state index in [1.807, 2.05) is 134 Å². The highest BCUT2D eigenvalue weighted by Crippen LogP contribution is 2.47. The average Bonchev–Trinajstić information content (AvgIpc) is 3.89. The van der Waals surface area contributed by atoms with Crippen molar-refractivity contribution in [2.24, 2.45) is 16.1 Å². The number of carbonyl (C=O) groups excluding carboxylic acids is 3. The lowest BCUT2D eigenvalue weighted by Gasteiger charge is -2.29. The number of rotatable bonds is 14. The highest BCUT2D eigenvalue weighted by atomic mass is 16.3. The number of aliphatic hydroxyl groups excluding tert-OH is 1. The van der Waals surface area contributed by atoms with Crippen LogP contribution < -0.4 is 14.9 Å². The Labute approximate surface area is 371 Å². The summed E-state index contributed by atoms with van der Waals surface area (Å²) in [6.07, 6.45) is 7.70. The lowest BCUT2D eigenvalue weighted by molar-refractivity contribution is -0.139. The first-order valence-electron chi connectivity index (χ1n) is 21.6. The summed E-state index contributed by atoms with van der Waals surface area (Å²) in [6.45, 7) is 2.28. The summed E-state index contributed by atoms with van der Waals surface area (Å²) >= 11 is 0. The van der Waals surface area contributed by atoms with Crippen LogP contribution in [0.25, 0.3) is 0 Å². The molecule has 5 aromatic carbocycles. The van der Waals surface area contributed by atoms with E-state index in [1.165, 1.54) is 10.0 Å². The Hall–Kier alpha value is -7.35. The Morgan fingerprint density at radius 2 is 1.33 bits per heavy atom. The summed E-state index contributed by atoms with van der Waals surface area (Å²) in [5.41, 5.74) is 5.66. The van der Waals surface area contributed by atoms with Gasteiger partial charge in [-0.25, -0.2) is 10.0 Å². The Morgan fingerprint density at radius 1 is 0.719 bits per heavy atom. The Bertz CT molecular complexity index is 2770. The number of carbonyl (C=O) groups is 3. The second-order valence-corrected chi connectivity index (χ2v) is 16.3. The number of amides is 3. The summed E-state index contributed by atoms with van der Waals surface area (Å²) in [5, 5.41) is 43.9. The minimum absolute atomic E-state index is 0.0977. The van der Waals surface area contributed by atoms with E-state index in [9.17, 15) is 24.6 Å². The fraction of sp³-hybridized carbons (Fsp3) is 0.235. The van der Waals surface area contributed by atoms with Crippen LogP contribution in [-0.4, -0.2) is 61.0 Å². The van der Waals surface area contributed by atoms with E-state index in [2.05, 4.69) is 10.3 Å². The maximum absolute atomic E-state index is 14.8. The molecule has 9 rings (SSSR count). The van der Waals surface area contributed by atoms with Crippen molar-refractivity contribution >= 4 is 46.2 Å². The number of anilines is 3. The first-order chi connectivity index (χ1) is 31.2. The summed E-state index contributed by atoms with van der Waals surface area (Å²) < 4.78 is 1.72. The molecule has 6 aromatic rings. The standard InChI is InChI=1S/C51H48N8O5/c1-35(14-11-12-29-56-33-46(52-55-56)42(34-60)37-16-5-2-6-17-37)51(64)43-31-41(59-49(62)28-25-45(54-59)39-20-9-4-10-21-39)23-26-47(43)57(50(51)63)32-36-15-13-22-40(30-36)58-48(61)27-24-44(53-58)38-18-7-3-8-19-38/h2-11,13-23,26,30-31,33,35,42,60,64H,12,24-25,27-29,32,34H2,1H3/b14-11+/t35-,42?,51+/m0/s1. The van der Waals surface area contributed by atoms with Crippen LogP contribution in [0.3, 0.4) is 0 Å². The van der Waals surface area contributed by atoms with Gasteiger partial charge in [-0.1, -0.05) is 127 Å². The lowest BCUT2D eigenvalue weighted by Crippen LogP contribution is -2.44. The maximum Gasteiger partial charge on any atom is 0.264 e. The van der Waals surface area contributed by atoms with Crippen LogP contribution in [0.5, 0.6) is 0 Å². The number of fused-ring (bicyclic) bond motifs is 1. The van der Waals surface area contributed by atoms with E-state index in [1.54, 1.807) is 34.7 Å². The van der Waals surface area contributed by atoms with Crippen molar-refractivity contribution in [3.63, 3.8) is 0 Å². The molecule has 0 radical (unpaired) electrons. The molecule has 0 fully saturated rings. The van der Waals surface area contributed by atoms with Gasteiger partial charge in [0, 0.05) is 49.9 Å². The molecule has 64 heavy (non-hydrogen) atoms.